The monoisotopic (exact) mass is 266 g/mol. The van der Waals surface area contributed by atoms with Crippen LogP contribution in [0.5, 0.6) is 0 Å². The van der Waals surface area contributed by atoms with E-state index >= 15 is 0 Å². The fourth-order valence-electron chi connectivity index (χ4n) is 3.40. The summed E-state index contributed by atoms with van der Waals surface area (Å²) in [5.41, 5.74) is 0.966. The van der Waals surface area contributed by atoms with Gasteiger partial charge in [-0.2, -0.15) is 0 Å². The largest absolute Gasteiger partial charge is 0.359 e. The van der Waals surface area contributed by atoms with Crippen LogP contribution in [-0.2, 0) is 0 Å². The molecule has 3 fully saturated rings. The summed E-state index contributed by atoms with van der Waals surface area (Å²) >= 11 is 1.97. The molecule has 1 heterocycles. The summed E-state index contributed by atoms with van der Waals surface area (Å²) in [4.78, 5) is 4.90. The third kappa shape index (κ3) is 2.43. The Balaban J connectivity index is 1.58. The van der Waals surface area contributed by atoms with E-state index in [9.17, 15) is 0 Å². The van der Waals surface area contributed by atoms with E-state index in [-0.39, 0.29) is 0 Å². The number of thioether (sulfide) groups is 1. The Kier molecular flexibility index (Phi) is 3.38. The van der Waals surface area contributed by atoms with Gasteiger partial charge in [0.1, 0.15) is 0 Å². The molecule has 1 aliphatic heterocycles. The Bertz CT molecular complexity index is 338. The first kappa shape index (κ1) is 12.8. The van der Waals surface area contributed by atoms with Gasteiger partial charge in [0.15, 0.2) is 5.17 Å². The fraction of sp³-hybridized carbons (Fsp3) is 0.933. The molecule has 3 rings (SSSR count). The van der Waals surface area contributed by atoms with E-state index in [4.69, 9.17) is 4.99 Å². The first-order chi connectivity index (χ1) is 8.64. The second-order valence-electron chi connectivity index (χ2n) is 6.89. The molecule has 0 unspecified atom stereocenters. The van der Waals surface area contributed by atoms with Crippen LogP contribution in [0.2, 0.25) is 0 Å². The number of hydrogen-bond donors (Lipinski definition) is 1. The maximum Gasteiger partial charge on any atom is 0.157 e. The lowest BCUT2D eigenvalue weighted by atomic mass is 9.83. The van der Waals surface area contributed by atoms with Crippen molar-refractivity contribution in [2.75, 3.05) is 12.3 Å². The number of nitrogens with one attached hydrogen (secondary N) is 1. The number of rotatable bonds is 3. The zero-order valence-electron chi connectivity index (χ0n) is 11.8. The van der Waals surface area contributed by atoms with Crippen LogP contribution in [0.25, 0.3) is 0 Å². The molecule has 0 radical (unpaired) electrons. The van der Waals surface area contributed by atoms with Crippen LogP contribution < -0.4 is 5.32 Å². The molecule has 1 N–H and O–H groups in total. The Hall–Kier alpha value is -0.180. The van der Waals surface area contributed by atoms with Gasteiger partial charge in [0.25, 0.3) is 0 Å². The molecular formula is C15H26N2S. The van der Waals surface area contributed by atoms with E-state index in [1.807, 2.05) is 11.8 Å². The topological polar surface area (TPSA) is 24.4 Å². The van der Waals surface area contributed by atoms with Gasteiger partial charge >= 0.3 is 0 Å². The van der Waals surface area contributed by atoms with Gasteiger partial charge in [-0.15, -0.1) is 0 Å². The minimum Gasteiger partial charge on any atom is -0.359 e. The maximum atomic E-state index is 4.90. The molecule has 2 saturated carbocycles. The fourth-order valence-corrected chi connectivity index (χ4v) is 4.61. The molecule has 0 aromatic rings. The van der Waals surface area contributed by atoms with Gasteiger partial charge in [-0.25, -0.2) is 0 Å². The molecule has 0 aromatic heterocycles. The smallest absolute Gasteiger partial charge is 0.157 e. The molecule has 0 aromatic carbocycles. The summed E-state index contributed by atoms with van der Waals surface area (Å²) in [6, 6.07) is 0. The SMILES string of the molecule is CC(C)C1(CN=C2NC3(CCCCC3)CS2)CC1. The van der Waals surface area contributed by atoms with Crippen molar-refractivity contribution < 1.29 is 0 Å². The van der Waals surface area contributed by atoms with Gasteiger partial charge in [-0.3, -0.25) is 4.99 Å². The molecule has 1 saturated heterocycles. The highest BCUT2D eigenvalue weighted by molar-refractivity contribution is 8.14. The van der Waals surface area contributed by atoms with Crippen molar-refractivity contribution >= 4 is 16.9 Å². The van der Waals surface area contributed by atoms with E-state index in [0.29, 0.717) is 11.0 Å². The van der Waals surface area contributed by atoms with Gasteiger partial charge in [-0.05, 0) is 37.0 Å². The minimum atomic E-state index is 0.413. The summed E-state index contributed by atoms with van der Waals surface area (Å²) in [6.45, 7) is 5.76. The highest BCUT2D eigenvalue weighted by Crippen LogP contribution is 2.52. The minimum absolute atomic E-state index is 0.413. The zero-order valence-corrected chi connectivity index (χ0v) is 12.6. The van der Waals surface area contributed by atoms with Crippen LogP contribution in [0.3, 0.4) is 0 Å². The molecule has 1 spiro atoms. The first-order valence-electron chi connectivity index (χ1n) is 7.60. The van der Waals surface area contributed by atoms with E-state index in [2.05, 4.69) is 19.2 Å². The van der Waals surface area contributed by atoms with Crippen LogP contribution in [-0.4, -0.2) is 23.0 Å². The molecule has 0 amide bonds. The zero-order chi connectivity index (χ0) is 12.6. The summed E-state index contributed by atoms with van der Waals surface area (Å²) in [6.07, 6.45) is 9.71. The van der Waals surface area contributed by atoms with Gasteiger partial charge in [0.05, 0.1) is 0 Å². The van der Waals surface area contributed by atoms with Crippen molar-refractivity contribution in [1.82, 2.24) is 5.32 Å². The molecule has 102 valence electrons. The highest BCUT2D eigenvalue weighted by atomic mass is 32.2. The Morgan fingerprint density at radius 3 is 2.50 bits per heavy atom. The van der Waals surface area contributed by atoms with Crippen molar-refractivity contribution in [2.24, 2.45) is 16.3 Å². The van der Waals surface area contributed by atoms with E-state index in [1.54, 1.807) is 0 Å². The summed E-state index contributed by atoms with van der Waals surface area (Å²) in [5, 5.41) is 5.00. The van der Waals surface area contributed by atoms with Gasteiger partial charge < -0.3 is 5.32 Å². The molecule has 0 atom stereocenters. The highest BCUT2D eigenvalue weighted by Gasteiger charge is 2.45. The van der Waals surface area contributed by atoms with Gasteiger partial charge in [-0.1, -0.05) is 44.9 Å². The maximum absolute atomic E-state index is 4.90. The average Bonchev–Trinajstić information content (AvgIpc) is 3.08. The molecular weight excluding hydrogens is 240 g/mol. The standard InChI is InChI=1S/C15H26N2S/c1-12(2)14(8-9-14)10-16-13-17-15(11-18-13)6-4-3-5-7-15/h12H,3-11H2,1-2H3,(H,16,17). The first-order valence-corrected chi connectivity index (χ1v) is 8.58. The van der Waals surface area contributed by atoms with Gasteiger partial charge in [0, 0.05) is 17.8 Å². The predicted octanol–water partition coefficient (Wildman–Crippen LogP) is 3.82. The Morgan fingerprint density at radius 1 is 1.17 bits per heavy atom. The second-order valence-corrected chi connectivity index (χ2v) is 7.86. The molecule has 2 nitrogen and oxygen atoms in total. The predicted molar refractivity (Wildman–Crippen MR) is 80.2 cm³/mol. The third-order valence-electron chi connectivity index (χ3n) is 5.32. The molecule has 3 aliphatic rings. The van der Waals surface area contributed by atoms with Crippen molar-refractivity contribution in [2.45, 2.75) is 64.3 Å². The quantitative estimate of drug-likeness (QED) is 0.840. The average molecular weight is 266 g/mol. The van der Waals surface area contributed by atoms with Crippen LogP contribution in [0.1, 0.15) is 58.8 Å². The summed E-state index contributed by atoms with van der Waals surface area (Å²) in [5.74, 6) is 2.04. The Labute approximate surface area is 115 Å². The van der Waals surface area contributed by atoms with Crippen LogP contribution in [0, 0.1) is 11.3 Å². The van der Waals surface area contributed by atoms with Crippen molar-refractivity contribution in [3.63, 3.8) is 0 Å². The lowest BCUT2D eigenvalue weighted by Crippen LogP contribution is -2.45. The third-order valence-corrected chi connectivity index (χ3v) is 6.52. The van der Waals surface area contributed by atoms with Crippen LogP contribution in [0.15, 0.2) is 4.99 Å². The van der Waals surface area contributed by atoms with E-state index in [1.165, 1.54) is 55.9 Å². The summed E-state index contributed by atoms with van der Waals surface area (Å²) in [7, 11) is 0. The van der Waals surface area contributed by atoms with Crippen LogP contribution >= 0.6 is 11.8 Å². The number of amidine groups is 1. The van der Waals surface area contributed by atoms with E-state index in [0.717, 1.165) is 12.5 Å². The van der Waals surface area contributed by atoms with Crippen molar-refractivity contribution in [3.8, 4) is 0 Å². The Morgan fingerprint density at radius 2 is 1.89 bits per heavy atom. The van der Waals surface area contributed by atoms with Crippen LogP contribution in [0.4, 0.5) is 0 Å². The number of aliphatic imine (C=N–C) groups is 1. The number of nitrogens with zero attached hydrogens (tertiary/aromatic N) is 1. The summed E-state index contributed by atoms with van der Waals surface area (Å²) < 4.78 is 0. The van der Waals surface area contributed by atoms with Crippen molar-refractivity contribution in [3.05, 3.63) is 0 Å². The second kappa shape index (κ2) is 4.73. The molecule has 2 aliphatic carbocycles. The molecule has 18 heavy (non-hydrogen) atoms. The molecule has 0 bridgehead atoms. The van der Waals surface area contributed by atoms with E-state index < -0.39 is 0 Å². The normalized spacial score (nSPS) is 30.9. The lowest BCUT2D eigenvalue weighted by Gasteiger charge is -2.32. The number of hydrogen-bond acceptors (Lipinski definition) is 2. The molecule has 3 heteroatoms. The van der Waals surface area contributed by atoms with Gasteiger partial charge in [0.2, 0.25) is 0 Å². The lowest BCUT2D eigenvalue weighted by molar-refractivity contribution is 0.303. The van der Waals surface area contributed by atoms with Crippen molar-refractivity contribution in [1.29, 1.82) is 0 Å².